The molecule has 0 spiro atoms. The van der Waals surface area contributed by atoms with Gasteiger partial charge in [-0.15, -0.1) is 0 Å². The second kappa shape index (κ2) is 6.24. The van der Waals surface area contributed by atoms with Crippen LogP contribution in [0.5, 0.6) is 5.75 Å². The Morgan fingerprint density at radius 2 is 2.05 bits per heavy atom. The standard InChI is InChI=1S/C14H11BrClFN2O/c15-11-6-10(3-4-13(11)17)20-7-9-2-1-8(14(18)19)5-12(9)16/h1-6H,7H2,(H3,18,19). The maximum absolute atomic E-state index is 13.1. The average molecular weight is 358 g/mol. The molecular formula is C14H11BrClFN2O. The number of halogens is 3. The zero-order chi connectivity index (χ0) is 14.7. The van der Waals surface area contributed by atoms with Crippen LogP contribution in [-0.4, -0.2) is 5.84 Å². The fraction of sp³-hybridized carbons (Fsp3) is 0.0714. The summed E-state index contributed by atoms with van der Waals surface area (Å²) in [6.45, 7) is 0.245. The number of benzene rings is 2. The van der Waals surface area contributed by atoms with E-state index < -0.39 is 0 Å². The minimum absolute atomic E-state index is 0.0400. The first kappa shape index (κ1) is 14.8. The lowest BCUT2D eigenvalue weighted by Crippen LogP contribution is -2.11. The highest BCUT2D eigenvalue weighted by atomic mass is 79.9. The van der Waals surface area contributed by atoms with Crippen LogP contribution < -0.4 is 10.5 Å². The number of hydrogen-bond donors (Lipinski definition) is 2. The van der Waals surface area contributed by atoms with Gasteiger partial charge in [-0.25, -0.2) is 4.39 Å². The van der Waals surface area contributed by atoms with Crippen LogP contribution in [-0.2, 0) is 6.61 Å². The van der Waals surface area contributed by atoms with Gasteiger partial charge in [0.1, 0.15) is 24.0 Å². The van der Waals surface area contributed by atoms with Crippen LogP contribution in [0.15, 0.2) is 40.9 Å². The molecule has 0 unspecified atom stereocenters. The van der Waals surface area contributed by atoms with Crippen molar-refractivity contribution < 1.29 is 9.13 Å². The van der Waals surface area contributed by atoms with E-state index in [0.717, 1.165) is 5.56 Å². The SMILES string of the molecule is N=C(N)c1ccc(COc2ccc(F)c(Br)c2)c(Cl)c1. The van der Waals surface area contributed by atoms with Gasteiger partial charge in [0.2, 0.25) is 0 Å². The Bertz CT molecular complexity index is 664. The average Bonchev–Trinajstić information content (AvgIpc) is 2.41. The molecule has 0 amide bonds. The largest absolute Gasteiger partial charge is 0.489 e. The van der Waals surface area contributed by atoms with Gasteiger partial charge in [0.15, 0.2) is 0 Å². The number of hydrogen-bond acceptors (Lipinski definition) is 2. The molecule has 2 aromatic rings. The Hall–Kier alpha value is -1.59. The molecule has 6 heteroatoms. The summed E-state index contributed by atoms with van der Waals surface area (Å²) in [6.07, 6.45) is 0. The van der Waals surface area contributed by atoms with Crippen molar-refractivity contribution in [1.29, 1.82) is 5.41 Å². The number of nitrogens with one attached hydrogen (secondary N) is 1. The summed E-state index contributed by atoms with van der Waals surface area (Å²) in [4.78, 5) is 0. The second-order valence-corrected chi connectivity index (χ2v) is 5.35. The van der Waals surface area contributed by atoms with Gasteiger partial charge in [0.05, 0.1) is 4.47 Å². The molecule has 0 atom stereocenters. The molecule has 3 N–H and O–H groups in total. The van der Waals surface area contributed by atoms with Gasteiger partial charge in [-0.05, 0) is 40.2 Å². The number of nitrogens with two attached hydrogens (primary N) is 1. The predicted molar refractivity (Wildman–Crippen MR) is 80.9 cm³/mol. The fourth-order valence-electron chi connectivity index (χ4n) is 1.56. The molecule has 0 saturated heterocycles. The van der Waals surface area contributed by atoms with Crippen LogP contribution in [0, 0.1) is 11.2 Å². The number of rotatable bonds is 4. The second-order valence-electron chi connectivity index (χ2n) is 4.08. The summed E-state index contributed by atoms with van der Waals surface area (Å²) < 4.78 is 19.0. The van der Waals surface area contributed by atoms with E-state index in [0.29, 0.717) is 20.8 Å². The first-order chi connectivity index (χ1) is 9.47. The first-order valence-corrected chi connectivity index (χ1v) is 6.85. The van der Waals surface area contributed by atoms with Crippen molar-refractivity contribution in [2.24, 2.45) is 5.73 Å². The number of amidine groups is 1. The third-order valence-electron chi connectivity index (χ3n) is 2.65. The topological polar surface area (TPSA) is 59.1 Å². The quantitative estimate of drug-likeness (QED) is 0.639. The molecule has 0 radical (unpaired) electrons. The normalized spacial score (nSPS) is 10.3. The van der Waals surface area contributed by atoms with Crippen LogP contribution in [0.2, 0.25) is 5.02 Å². The van der Waals surface area contributed by atoms with Crippen molar-refractivity contribution in [3.05, 3.63) is 62.8 Å². The van der Waals surface area contributed by atoms with E-state index in [2.05, 4.69) is 15.9 Å². The highest BCUT2D eigenvalue weighted by molar-refractivity contribution is 9.10. The predicted octanol–water partition coefficient (Wildman–Crippen LogP) is 4.10. The molecule has 2 aromatic carbocycles. The molecule has 3 nitrogen and oxygen atoms in total. The molecule has 2 rings (SSSR count). The van der Waals surface area contributed by atoms with Crippen molar-refractivity contribution in [3.8, 4) is 5.75 Å². The van der Waals surface area contributed by atoms with Crippen LogP contribution in [0.1, 0.15) is 11.1 Å². The van der Waals surface area contributed by atoms with Crippen LogP contribution in [0.25, 0.3) is 0 Å². The monoisotopic (exact) mass is 356 g/mol. The van der Waals surface area contributed by atoms with E-state index in [1.807, 2.05) is 0 Å². The summed E-state index contributed by atoms with van der Waals surface area (Å²) in [5.74, 6) is 0.146. The lowest BCUT2D eigenvalue weighted by Gasteiger charge is -2.09. The van der Waals surface area contributed by atoms with E-state index in [1.54, 1.807) is 24.3 Å². The van der Waals surface area contributed by atoms with Gasteiger partial charge in [-0.1, -0.05) is 23.7 Å². The van der Waals surface area contributed by atoms with Crippen LogP contribution in [0.4, 0.5) is 4.39 Å². The molecule has 0 fully saturated rings. The molecule has 0 aliphatic carbocycles. The zero-order valence-corrected chi connectivity index (χ0v) is 12.6. The van der Waals surface area contributed by atoms with E-state index in [4.69, 9.17) is 27.5 Å². The smallest absolute Gasteiger partial charge is 0.137 e. The van der Waals surface area contributed by atoms with E-state index in [-0.39, 0.29) is 18.3 Å². The molecule has 0 aromatic heterocycles. The Morgan fingerprint density at radius 3 is 2.65 bits per heavy atom. The maximum atomic E-state index is 13.1. The molecule has 0 aliphatic rings. The van der Waals surface area contributed by atoms with E-state index in [9.17, 15) is 4.39 Å². The Balaban J connectivity index is 2.10. The first-order valence-electron chi connectivity index (χ1n) is 5.68. The molecule has 0 bridgehead atoms. The lowest BCUT2D eigenvalue weighted by molar-refractivity contribution is 0.305. The van der Waals surface area contributed by atoms with E-state index >= 15 is 0 Å². The van der Waals surface area contributed by atoms with Gasteiger partial charge < -0.3 is 10.5 Å². The number of ether oxygens (including phenoxy) is 1. The summed E-state index contributed by atoms with van der Waals surface area (Å²) in [6, 6.07) is 9.47. The summed E-state index contributed by atoms with van der Waals surface area (Å²) >= 11 is 9.19. The third-order valence-corrected chi connectivity index (χ3v) is 3.61. The van der Waals surface area contributed by atoms with Gasteiger partial charge in [0, 0.05) is 16.1 Å². The lowest BCUT2D eigenvalue weighted by atomic mass is 10.1. The Morgan fingerprint density at radius 1 is 1.30 bits per heavy atom. The molecular weight excluding hydrogens is 347 g/mol. The summed E-state index contributed by atoms with van der Waals surface area (Å²) in [7, 11) is 0. The van der Waals surface area contributed by atoms with Gasteiger partial charge >= 0.3 is 0 Å². The van der Waals surface area contributed by atoms with Gasteiger partial charge in [-0.3, -0.25) is 5.41 Å². The highest BCUT2D eigenvalue weighted by Crippen LogP contribution is 2.24. The zero-order valence-electron chi connectivity index (χ0n) is 10.3. The Kier molecular flexibility index (Phi) is 4.62. The van der Waals surface area contributed by atoms with Crippen molar-refractivity contribution >= 4 is 33.4 Å². The highest BCUT2D eigenvalue weighted by Gasteiger charge is 2.06. The minimum Gasteiger partial charge on any atom is -0.489 e. The molecule has 0 saturated carbocycles. The van der Waals surface area contributed by atoms with Crippen molar-refractivity contribution in [3.63, 3.8) is 0 Å². The summed E-state index contributed by atoms with van der Waals surface area (Å²) in [5.41, 5.74) is 6.70. The molecule has 20 heavy (non-hydrogen) atoms. The fourth-order valence-corrected chi connectivity index (χ4v) is 2.15. The van der Waals surface area contributed by atoms with Crippen molar-refractivity contribution in [2.45, 2.75) is 6.61 Å². The minimum atomic E-state index is -0.346. The van der Waals surface area contributed by atoms with Gasteiger partial charge in [0.25, 0.3) is 0 Å². The summed E-state index contributed by atoms with van der Waals surface area (Å²) in [5, 5.41) is 7.80. The third kappa shape index (κ3) is 3.49. The Labute approximate surface area is 129 Å². The van der Waals surface area contributed by atoms with Gasteiger partial charge in [-0.2, -0.15) is 0 Å². The van der Waals surface area contributed by atoms with Crippen LogP contribution in [0.3, 0.4) is 0 Å². The van der Waals surface area contributed by atoms with Crippen molar-refractivity contribution in [2.75, 3.05) is 0 Å². The van der Waals surface area contributed by atoms with Crippen LogP contribution >= 0.6 is 27.5 Å². The van der Waals surface area contributed by atoms with Crippen molar-refractivity contribution in [1.82, 2.24) is 0 Å². The molecule has 0 aliphatic heterocycles. The molecule has 0 heterocycles. The maximum Gasteiger partial charge on any atom is 0.137 e. The van der Waals surface area contributed by atoms with E-state index in [1.165, 1.54) is 12.1 Å². The number of nitrogen functional groups attached to an aromatic ring is 1. The molecule has 104 valence electrons.